The molecule has 0 unspecified atom stereocenters. The molecule has 1 saturated carbocycles. The van der Waals surface area contributed by atoms with Crippen molar-refractivity contribution >= 4 is 5.97 Å². The summed E-state index contributed by atoms with van der Waals surface area (Å²) >= 11 is 0. The maximum absolute atomic E-state index is 10.2. The van der Waals surface area contributed by atoms with Crippen LogP contribution in [-0.4, -0.2) is 5.97 Å². The summed E-state index contributed by atoms with van der Waals surface area (Å²) in [5, 5.41) is 10.2. The Morgan fingerprint density at radius 1 is 0.556 bits per heavy atom. The quantitative estimate of drug-likeness (QED) is 0.173. The second-order valence-electron chi connectivity index (χ2n) is 8.19. The zero-order chi connectivity index (χ0) is 19.1. The Labute approximate surface area is 186 Å². The van der Waals surface area contributed by atoms with Crippen molar-refractivity contribution in [3.8, 4) is 0 Å². The molecule has 0 bridgehead atoms. The molecular weight excluding hydrogens is 428 g/mol. The van der Waals surface area contributed by atoms with Gasteiger partial charge in [0.05, 0.1) is 0 Å². The average Bonchev–Trinajstić information content (AvgIpc) is 2.66. The second-order valence-corrected chi connectivity index (χ2v) is 8.19. The molecular formula is C24H47AgO2. The third kappa shape index (κ3) is 28.5. The Bertz CT molecular complexity index is 266. The normalized spacial score (nSPS) is 13.4. The molecule has 1 aliphatic rings. The van der Waals surface area contributed by atoms with Gasteiger partial charge in [0, 0.05) is 5.97 Å². The number of carbonyl (C=O) groups is 1. The predicted molar refractivity (Wildman–Crippen MR) is 112 cm³/mol. The van der Waals surface area contributed by atoms with Gasteiger partial charge in [-0.25, -0.2) is 0 Å². The van der Waals surface area contributed by atoms with E-state index >= 15 is 0 Å². The van der Waals surface area contributed by atoms with Crippen LogP contribution in [0.15, 0.2) is 0 Å². The van der Waals surface area contributed by atoms with E-state index in [2.05, 4.69) is 6.92 Å². The van der Waals surface area contributed by atoms with Crippen molar-refractivity contribution in [2.75, 3.05) is 0 Å². The van der Waals surface area contributed by atoms with Crippen LogP contribution in [0.25, 0.3) is 0 Å². The molecule has 0 aliphatic heterocycles. The summed E-state index contributed by atoms with van der Waals surface area (Å²) in [6.45, 7) is 2.27. The summed E-state index contributed by atoms with van der Waals surface area (Å²) < 4.78 is 0. The number of rotatable bonds is 16. The van der Waals surface area contributed by atoms with Crippen LogP contribution in [0.3, 0.4) is 0 Å². The van der Waals surface area contributed by atoms with E-state index in [1.54, 1.807) is 0 Å². The number of unbranched alkanes of at least 4 members (excludes halogenated alkanes) is 14. The minimum Gasteiger partial charge on any atom is -0.550 e. The molecule has 166 valence electrons. The van der Waals surface area contributed by atoms with Gasteiger partial charge < -0.3 is 9.90 Å². The summed E-state index contributed by atoms with van der Waals surface area (Å²) in [4.78, 5) is 10.2. The number of carbonyl (C=O) groups excluding carboxylic acids is 1. The molecule has 1 fully saturated rings. The Kier molecular flexibility index (Phi) is 28.6. The van der Waals surface area contributed by atoms with Crippen molar-refractivity contribution in [3.63, 3.8) is 0 Å². The smallest absolute Gasteiger partial charge is 0.550 e. The van der Waals surface area contributed by atoms with Gasteiger partial charge >= 0.3 is 22.4 Å². The number of aliphatic carboxylic acids is 1. The van der Waals surface area contributed by atoms with Gasteiger partial charge in [-0.05, 0) is 12.8 Å². The van der Waals surface area contributed by atoms with Crippen LogP contribution < -0.4 is 5.11 Å². The van der Waals surface area contributed by atoms with Gasteiger partial charge in [-0.15, -0.1) is 0 Å². The molecule has 0 spiro atoms. The molecule has 0 saturated heterocycles. The number of carboxylic acid groups (broad SMARTS) is 1. The van der Waals surface area contributed by atoms with E-state index < -0.39 is 5.97 Å². The zero-order valence-corrected chi connectivity index (χ0v) is 19.7. The summed E-state index contributed by atoms with van der Waals surface area (Å²) in [6.07, 6.45) is 28.9. The molecule has 2 nitrogen and oxygen atoms in total. The summed E-state index contributed by atoms with van der Waals surface area (Å²) in [7, 11) is 0. The standard InChI is InChI=1S/C18H36O2.C6H12.Ag/c1-2-3-4-5-6-7-8-9-10-11-12-13-14-15-16-17-18(19)20;1-2-4-6-5-3-1;/h2-17H2,1H3,(H,19,20);1-6H2;/q;;+1/p-1. The Morgan fingerprint density at radius 2 is 0.815 bits per heavy atom. The zero-order valence-electron chi connectivity index (χ0n) is 18.2. The summed E-state index contributed by atoms with van der Waals surface area (Å²) in [5.41, 5.74) is 0. The monoisotopic (exact) mass is 474 g/mol. The molecule has 0 atom stereocenters. The molecule has 0 amide bonds. The fraction of sp³-hybridized carbons (Fsp3) is 0.958. The fourth-order valence-electron chi connectivity index (χ4n) is 3.70. The third-order valence-corrected chi connectivity index (χ3v) is 5.48. The minimum atomic E-state index is -0.903. The summed E-state index contributed by atoms with van der Waals surface area (Å²) in [6, 6.07) is 0. The molecule has 0 aromatic carbocycles. The number of carboxylic acids is 1. The molecule has 0 radical (unpaired) electrons. The van der Waals surface area contributed by atoms with E-state index in [0.717, 1.165) is 12.8 Å². The van der Waals surface area contributed by atoms with E-state index in [-0.39, 0.29) is 28.8 Å². The maximum atomic E-state index is 10.2. The summed E-state index contributed by atoms with van der Waals surface area (Å²) in [5.74, 6) is -0.903. The SMILES string of the molecule is C1CCCCC1.CCCCCCCCCCCCCCCCCC(=O)[O-].[Ag+]. The van der Waals surface area contributed by atoms with Crippen LogP contribution in [-0.2, 0) is 27.2 Å². The Balaban J connectivity index is 0. The van der Waals surface area contributed by atoms with Gasteiger partial charge in [0.1, 0.15) is 0 Å². The number of hydrogen-bond donors (Lipinski definition) is 0. The Morgan fingerprint density at radius 3 is 1.07 bits per heavy atom. The van der Waals surface area contributed by atoms with E-state index in [4.69, 9.17) is 0 Å². The average molecular weight is 476 g/mol. The van der Waals surface area contributed by atoms with E-state index in [1.807, 2.05) is 0 Å². The van der Waals surface area contributed by atoms with E-state index in [9.17, 15) is 9.90 Å². The molecule has 0 N–H and O–H groups in total. The van der Waals surface area contributed by atoms with Crippen LogP contribution in [0.2, 0.25) is 0 Å². The predicted octanol–water partition coefficient (Wildman–Crippen LogP) is 7.34. The van der Waals surface area contributed by atoms with Gasteiger partial charge in [-0.2, -0.15) is 0 Å². The second kappa shape index (κ2) is 26.2. The van der Waals surface area contributed by atoms with Crippen LogP contribution in [0.5, 0.6) is 0 Å². The van der Waals surface area contributed by atoms with Crippen LogP contribution in [0.4, 0.5) is 0 Å². The molecule has 27 heavy (non-hydrogen) atoms. The first-order valence-electron chi connectivity index (χ1n) is 12.0. The largest absolute Gasteiger partial charge is 1.00 e. The van der Waals surface area contributed by atoms with Gasteiger partial charge in [-0.3, -0.25) is 0 Å². The molecule has 0 aromatic rings. The van der Waals surface area contributed by atoms with Crippen molar-refractivity contribution < 1.29 is 32.3 Å². The minimum absolute atomic E-state index is 0. The van der Waals surface area contributed by atoms with Gasteiger partial charge in [-0.1, -0.05) is 135 Å². The third-order valence-electron chi connectivity index (χ3n) is 5.48. The molecule has 0 heterocycles. The van der Waals surface area contributed by atoms with Crippen LogP contribution in [0, 0.1) is 0 Å². The van der Waals surface area contributed by atoms with Crippen molar-refractivity contribution in [3.05, 3.63) is 0 Å². The first-order chi connectivity index (χ1) is 12.8. The van der Waals surface area contributed by atoms with Gasteiger partial charge in [0.25, 0.3) is 0 Å². The molecule has 3 heteroatoms. The van der Waals surface area contributed by atoms with E-state index in [0.29, 0.717) is 0 Å². The van der Waals surface area contributed by atoms with Crippen molar-refractivity contribution in [1.29, 1.82) is 0 Å². The van der Waals surface area contributed by atoms with Gasteiger partial charge in [0.15, 0.2) is 0 Å². The van der Waals surface area contributed by atoms with Crippen molar-refractivity contribution in [2.45, 2.75) is 148 Å². The van der Waals surface area contributed by atoms with E-state index in [1.165, 1.54) is 122 Å². The maximum Gasteiger partial charge on any atom is 1.00 e. The number of hydrogen-bond acceptors (Lipinski definition) is 2. The Hall–Kier alpha value is 0.210. The topological polar surface area (TPSA) is 40.1 Å². The van der Waals surface area contributed by atoms with Gasteiger partial charge in [0.2, 0.25) is 0 Å². The first kappa shape index (κ1) is 29.4. The molecule has 1 aliphatic carbocycles. The first-order valence-corrected chi connectivity index (χ1v) is 12.0. The molecule has 0 aromatic heterocycles. The van der Waals surface area contributed by atoms with Crippen molar-refractivity contribution in [2.24, 2.45) is 0 Å². The van der Waals surface area contributed by atoms with Crippen LogP contribution in [0.1, 0.15) is 148 Å². The van der Waals surface area contributed by atoms with Crippen molar-refractivity contribution in [1.82, 2.24) is 0 Å². The molecule has 1 rings (SSSR count). The van der Waals surface area contributed by atoms with Crippen LogP contribution >= 0.6 is 0 Å². The fourth-order valence-corrected chi connectivity index (χ4v) is 3.70.